The predicted octanol–water partition coefficient (Wildman–Crippen LogP) is 3.55. The van der Waals surface area contributed by atoms with Crippen molar-refractivity contribution in [3.8, 4) is 11.4 Å². The van der Waals surface area contributed by atoms with E-state index in [1.54, 1.807) is 6.07 Å². The Morgan fingerprint density at radius 1 is 1.04 bits per heavy atom. The average Bonchev–Trinajstić information content (AvgIpc) is 3.20. The van der Waals surface area contributed by atoms with E-state index in [4.69, 9.17) is 4.42 Å². The number of fused-ring (bicyclic) bond motifs is 1. The van der Waals surface area contributed by atoms with Gasteiger partial charge in [-0.25, -0.2) is 4.98 Å². The molecule has 0 saturated carbocycles. The molecule has 0 unspecified atom stereocenters. The van der Waals surface area contributed by atoms with Gasteiger partial charge in [-0.2, -0.15) is 18.0 Å². The van der Waals surface area contributed by atoms with E-state index < -0.39 is 11.7 Å². The molecule has 0 aliphatic carbocycles. The second-order valence-corrected chi connectivity index (χ2v) is 5.30. The number of alkyl halides is 3. The van der Waals surface area contributed by atoms with Gasteiger partial charge in [-0.1, -0.05) is 24.3 Å². The van der Waals surface area contributed by atoms with Gasteiger partial charge in [0.25, 0.3) is 0 Å². The van der Waals surface area contributed by atoms with Gasteiger partial charge in [0.2, 0.25) is 11.7 Å². The van der Waals surface area contributed by atoms with Crippen molar-refractivity contribution in [3.05, 3.63) is 60.0 Å². The first-order valence-corrected chi connectivity index (χ1v) is 7.29. The predicted molar refractivity (Wildman–Crippen MR) is 81.4 cm³/mol. The van der Waals surface area contributed by atoms with Crippen molar-refractivity contribution in [2.45, 2.75) is 12.7 Å². The first-order valence-electron chi connectivity index (χ1n) is 7.29. The quantitative estimate of drug-likeness (QED) is 0.568. The molecule has 0 spiro atoms. The van der Waals surface area contributed by atoms with Crippen molar-refractivity contribution in [1.82, 2.24) is 25.2 Å². The Labute approximate surface area is 138 Å². The number of para-hydroxylation sites is 2. The number of nitrogens with zero attached hydrogens (tertiary/aromatic N) is 5. The minimum atomic E-state index is -4.43. The second-order valence-electron chi connectivity index (χ2n) is 5.30. The van der Waals surface area contributed by atoms with Crippen LogP contribution in [0.4, 0.5) is 13.2 Å². The van der Waals surface area contributed by atoms with Crippen LogP contribution in [0.5, 0.6) is 0 Å². The van der Waals surface area contributed by atoms with Gasteiger partial charge in [0, 0.05) is 5.56 Å². The maximum Gasteiger partial charge on any atom is 0.416 e. The third-order valence-electron chi connectivity index (χ3n) is 3.52. The minimum Gasteiger partial charge on any atom is -0.439 e. The van der Waals surface area contributed by atoms with E-state index in [1.807, 2.05) is 18.2 Å². The monoisotopic (exact) mass is 345 g/mol. The molecule has 0 radical (unpaired) electrons. The number of rotatable bonds is 3. The molecule has 2 aromatic heterocycles. The molecular weight excluding hydrogens is 335 g/mol. The summed E-state index contributed by atoms with van der Waals surface area (Å²) in [6.45, 7) is 0.126. The smallest absolute Gasteiger partial charge is 0.416 e. The third kappa shape index (κ3) is 3.08. The molecule has 4 aromatic rings. The zero-order chi connectivity index (χ0) is 17.4. The third-order valence-corrected chi connectivity index (χ3v) is 3.52. The molecule has 0 aliphatic rings. The van der Waals surface area contributed by atoms with Gasteiger partial charge in [-0.3, -0.25) is 0 Å². The summed E-state index contributed by atoms with van der Waals surface area (Å²) in [5, 5.41) is 11.7. The molecule has 0 N–H and O–H groups in total. The van der Waals surface area contributed by atoms with Crippen LogP contribution in [0.3, 0.4) is 0 Å². The van der Waals surface area contributed by atoms with Gasteiger partial charge in [0.1, 0.15) is 12.1 Å². The van der Waals surface area contributed by atoms with Crippen molar-refractivity contribution in [2.75, 3.05) is 0 Å². The lowest BCUT2D eigenvalue weighted by molar-refractivity contribution is -0.137. The maximum absolute atomic E-state index is 12.8. The van der Waals surface area contributed by atoms with Crippen molar-refractivity contribution >= 4 is 11.1 Å². The lowest BCUT2D eigenvalue weighted by Crippen LogP contribution is -2.05. The zero-order valence-electron chi connectivity index (χ0n) is 12.6. The number of oxazole rings is 1. The van der Waals surface area contributed by atoms with Crippen LogP contribution in [0, 0.1) is 0 Å². The largest absolute Gasteiger partial charge is 0.439 e. The Hall–Kier alpha value is -3.23. The van der Waals surface area contributed by atoms with Gasteiger partial charge in [-0.05, 0) is 29.5 Å². The average molecular weight is 345 g/mol. The van der Waals surface area contributed by atoms with E-state index in [-0.39, 0.29) is 17.9 Å². The first-order chi connectivity index (χ1) is 12.0. The molecule has 0 amide bonds. The highest BCUT2D eigenvalue weighted by atomic mass is 19.4. The number of aromatic nitrogens is 5. The summed E-state index contributed by atoms with van der Waals surface area (Å²) in [5.41, 5.74) is 0.811. The molecule has 2 aromatic carbocycles. The lowest BCUT2D eigenvalue weighted by atomic mass is 10.1. The molecule has 126 valence electrons. The van der Waals surface area contributed by atoms with E-state index >= 15 is 0 Å². The summed E-state index contributed by atoms with van der Waals surface area (Å²) in [4.78, 5) is 5.51. The topological polar surface area (TPSA) is 69.6 Å². The van der Waals surface area contributed by atoms with Crippen LogP contribution < -0.4 is 0 Å². The van der Waals surface area contributed by atoms with Crippen LogP contribution in [-0.4, -0.2) is 25.2 Å². The molecule has 2 heterocycles. The van der Waals surface area contributed by atoms with E-state index in [1.165, 1.54) is 16.9 Å². The summed E-state index contributed by atoms with van der Waals surface area (Å²) in [6, 6.07) is 12.0. The Morgan fingerprint density at radius 2 is 1.88 bits per heavy atom. The molecule has 0 bridgehead atoms. The molecule has 0 saturated heterocycles. The van der Waals surface area contributed by atoms with E-state index in [2.05, 4.69) is 20.4 Å². The maximum atomic E-state index is 12.8. The van der Waals surface area contributed by atoms with Crippen LogP contribution in [0.25, 0.3) is 22.5 Å². The lowest BCUT2D eigenvalue weighted by Gasteiger charge is -2.06. The summed E-state index contributed by atoms with van der Waals surface area (Å²) in [7, 11) is 0. The molecule has 0 atom stereocenters. The van der Waals surface area contributed by atoms with Gasteiger partial charge in [0.15, 0.2) is 5.58 Å². The van der Waals surface area contributed by atoms with Crippen molar-refractivity contribution < 1.29 is 17.6 Å². The highest BCUT2D eigenvalue weighted by molar-refractivity contribution is 5.72. The molecule has 4 rings (SSSR count). The van der Waals surface area contributed by atoms with Crippen LogP contribution >= 0.6 is 0 Å². The van der Waals surface area contributed by atoms with E-state index in [0.717, 1.165) is 12.1 Å². The molecule has 0 aliphatic heterocycles. The fourth-order valence-corrected chi connectivity index (χ4v) is 2.37. The van der Waals surface area contributed by atoms with Crippen LogP contribution in [0.2, 0.25) is 0 Å². The fourth-order valence-electron chi connectivity index (χ4n) is 2.37. The Kier molecular flexibility index (Phi) is 3.48. The van der Waals surface area contributed by atoms with Gasteiger partial charge in [-0.15, -0.1) is 10.2 Å². The Morgan fingerprint density at radius 3 is 2.68 bits per heavy atom. The highest BCUT2D eigenvalue weighted by Crippen LogP contribution is 2.31. The van der Waals surface area contributed by atoms with Gasteiger partial charge < -0.3 is 4.42 Å². The Bertz CT molecular complexity index is 1000. The van der Waals surface area contributed by atoms with Crippen molar-refractivity contribution in [2.24, 2.45) is 0 Å². The molecule has 25 heavy (non-hydrogen) atoms. The molecule has 6 nitrogen and oxygen atoms in total. The minimum absolute atomic E-state index is 0.0993. The van der Waals surface area contributed by atoms with E-state index in [0.29, 0.717) is 17.0 Å². The normalized spacial score (nSPS) is 12.0. The SMILES string of the molecule is FC(F)(F)c1cccc(-c2nnn(Cc3nc4ccccc4o3)n2)c1. The van der Waals surface area contributed by atoms with Gasteiger partial charge in [0.05, 0.1) is 5.56 Å². The van der Waals surface area contributed by atoms with Crippen molar-refractivity contribution in [3.63, 3.8) is 0 Å². The highest BCUT2D eigenvalue weighted by Gasteiger charge is 2.30. The van der Waals surface area contributed by atoms with Crippen LogP contribution in [0.15, 0.2) is 52.9 Å². The summed E-state index contributed by atoms with van der Waals surface area (Å²) in [5.74, 6) is 0.483. The number of tetrazole rings is 1. The second kappa shape index (κ2) is 5.69. The van der Waals surface area contributed by atoms with Gasteiger partial charge >= 0.3 is 6.18 Å². The Balaban J connectivity index is 1.60. The summed E-state index contributed by atoms with van der Waals surface area (Å²) < 4.78 is 43.9. The first kappa shape index (κ1) is 15.3. The van der Waals surface area contributed by atoms with Crippen LogP contribution in [0.1, 0.15) is 11.5 Å². The van der Waals surface area contributed by atoms with Crippen molar-refractivity contribution in [1.29, 1.82) is 0 Å². The van der Waals surface area contributed by atoms with Crippen LogP contribution in [-0.2, 0) is 12.7 Å². The fraction of sp³-hybridized carbons (Fsp3) is 0.125. The zero-order valence-corrected chi connectivity index (χ0v) is 12.6. The number of hydrogen-bond donors (Lipinski definition) is 0. The summed E-state index contributed by atoms with van der Waals surface area (Å²) >= 11 is 0. The summed E-state index contributed by atoms with van der Waals surface area (Å²) in [6.07, 6.45) is -4.43. The van der Waals surface area contributed by atoms with E-state index in [9.17, 15) is 13.2 Å². The molecule has 9 heteroatoms. The molecular formula is C16H10F3N5O. The number of hydrogen-bond acceptors (Lipinski definition) is 5. The number of halogens is 3. The number of benzene rings is 2. The standard InChI is InChI=1S/C16H10F3N5O/c17-16(18,19)11-5-3-4-10(8-11)15-21-23-24(22-15)9-14-20-12-6-1-2-7-13(12)25-14/h1-8H,9H2. The molecule has 0 fully saturated rings.